The van der Waals surface area contributed by atoms with Gasteiger partial charge < -0.3 is 11.1 Å². The summed E-state index contributed by atoms with van der Waals surface area (Å²) in [6, 6.07) is 7.81. The van der Waals surface area contributed by atoms with Crippen LogP contribution in [0.2, 0.25) is 0 Å². The monoisotopic (exact) mass is 296 g/mol. The Morgan fingerprint density at radius 2 is 2.00 bits per heavy atom. The summed E-state index contributed by atoms with van der Waals surface area (Å²) in [4.78, 5) is 11.7. The maximum absolute atomic E-state index is 11.7. The highest BCUT2D eigenvalue weighted by Crippen LogP contribution is 2.43. The number of rotatable bonds is 5. The average molecular weight is 297 g/mol. The Kier molecular flexibility index (Phi) is 3.84. The molecule has 0 spiro atoms. The van der Waals surface area contributed by atoms with Crippen LogP contribution in [0.3, 0.4) is 0 Å². The Morgan fingerprint density at radius 3 is 2.53 bits per heavy atom. The Morgan fingerprint density at radius 1 is 1.35 bits per heavy atom. The summed E-state index contributed by atoms with van der Waals surface area (Å²) in [6.45, 7) is 1.39. The Hall–Kier alpha value is -0.870. The molecule has 3 nitrogen and oxygen atoms in total. The van der Waals surface area contributed by atoms with Gasteiger partial charge in [-0.25, -0.2) is 0 Å². The molecule has 2 rings (SSSR count). The quantitative estimate of drug-likeness (QED) is 0.871. The van der Waals surface area contributed by atoms with Gasteiger partial charge in [-0.1, -0.05) is 28.1 Å². The van der Waals surface area contributed by atoms with Gasteiger partial charge in [0, 0.05) is 11.0 Å². The fourth-order valence-corrected chi connectivity index (χ4v) is 2.03. The number of nitrogens with two attached hydrogens (primary N) is 1. The van der Waals surface area contributed by atoms with E-state index in [2.05, 4.69) is 21.2 Å². The summed E-state index contributed by atoms with van der Waals surface area (Å²) >= 11 is 3.37. The number of benzene rings is 1. The zero-order valence-electron chi connectivity index (χ0n) is 9.71. The summed E-state index contributed by atoms with van der Waals surface area (Å²) in [7, 11) is 0. The molecule has 17 heavy (non-hydrogen) atoms. The topological polar surface area (TPSA) is 55.1 Å². The molecule has 1 fully saturated rings. The van der Waals surface area contributed by atoms with Gasteiger partial charge >= 0.3 is 0 Å². The number of amides is 1. The van der Waals surface area contributed by atoms with E-state index in [0.717, 1.165) is 29.4 Å². The van der Waals surface area contributed by atoms with Gasteiger partial charge in [-0.3, -0.25) is 4.79 Å². The van der Waals surface area contributed by atoms with E-state index in [4.69, 9.17) is 5.73 Å². The fraction of sp³-hybridized carbons (Fsp3) is 0.462. The molecule has 1 aromatic rings. The molecule has 0 radical (unpaired) electrons. The Balaban J connectivity index is 1.79. The van der Waals surface area contributed by atoms with Gasteiger partial charge in [0.25, 0.3) is 0 Å². The maximum atomic E-state index is 11.7. The number of nitrogens with one attached hydrogen (secondary N) is 1. The second-order valence-corrected chi connectivity index (χ2v) is 5.70. The average Bonchev–Trinajstić information content (AvgIpc) is 3.10. The van der Waals surface area contributed by atoms with Crippen LogP contribution < -0.4 is 11.1 Å². The SMILES string of the molecule is NCC1(CNC(=O)Cc2ccc(Br)cc2)CC1. The smallest absolute Gasteiger partial charge is 0.224 e. The highest BCUT2D eigenvalue weighted by Gasteiger charge is 2.41. The lowest BCUT2D eigenvalue weighted by atomic mass is 10.1. The molecule has 0 aliphatic heterocycles. The minimum absolute atomic E-state index is 0.0760. The largest absolute Gasteiger partial charge is 0.355 e. The van der Waals surface area contributed by atoms with Crippen LogP contribution in [0.15, 0.2) is 28.7 Å². The fourth-order valence-electron chi connectivity index (χ4n) is 1.77. The van der Waals surface area contributed by atoms with Gasteiger partial charge in [-0.05, 0) is 42.5 Å². The Bertz CT molecular complexity index is 398. The highest BCUT2D eigenvalue weighted by atomic mass is 79.9. The van der Waals surface area contributed by atoms with E-state index in [0.29, 0.717) is 13.0 Å². The zero-order valence-corrected chi connectivity index (χ0v) is 11.3. The molecule has 1 aliphatic carbocycles. The van der Waals surface area contributed by atoms with Crippen molar-refractivity contribution in [2.75, 3.05) is 13.1 Å². The third-order valence-electron chi connectivity index (χ3n) is 3.33. The van der Waals surface area contributed by atoms with Crippen molar-refractivity contribution in [3.05, 3.63) is 34.3 Å². The lowest BCUT2D eigenvalue weighted by Crippen LogP contribution is -2.34. The van der Waals surface area contributed by atoms with Crippen LogP contribution in [-0.4, -0.2) is 19.0 Å². The van der Waals surface area contributed by atoms with Crippen LogP contribution in [0.25, 0.3) is 0 Å². The summed E-state index contributed by atoms with van der Waals surface area (Å²) < 4.78 is 1.03. The van der Waals surface area contributed by atoms with Crippen molar-refractivity contribution in [3.8, 4) is 0 Å². The van der Waals surface area contributed by atoms with Gasteiger partial charge in [0.15, 0.2) is 0 Å². The van der Waals surface area contributed by atoms with Crippen LogP contribution in [-0.2, 0) is 11.2 Å². The first kappa shape index (κ1) is 12.6. The van der Waals surface area contributed by atoms with E-state index in [1.807, 2.05) is 24.3 Å². The van der Waals surface area contributed by atoms with Crippen molar-refractivity contribution in [2.24, 2.45) is 11.1 Å². The molecule has 92 valence electrons. The number of hydrogen-bond donors (Lipinski definition) is 2. The lowest BCUT2D eigenvalue weighted by Gasteiger charge is -2.13. The van der Waals surface area contributed by atoms with Gasteiger partial charge in [-0.2, -0.15) is 0 Å². The van der Waals surface area contributed by atoms with Crippen molar-refractivity contribution >= 4 is 21.8 Å². The molecular weight excluding hydrogens is 280 g/mol. The molecule has 4 heteroatoms. The van der Waals surface area contributed by atoms with Crippen LogP contribution in [0.1, 0.15) is 18.4 Å². The molecular formula is C13H17BrN2O. The molecule has 1 saturated carbocycles. The summed E-state index contributed by atoms with van der Waals surface area (Å²) in [5.41, 5.74) is 6.90. The van der Waals surface area contributed by atoms with Crippen molar-refractivity contribution < 1.29 is 4.79 Å². The molecule has 1 amide bonds. The summed E-state index contributed by atoms with van der Waals surface area (Å²) in [6.07, 6.45) is 2.72. The van der Waals surface area contributed by atoms with Crippen LogP contribution >= 0.6 is 15.9 Å². The minimum Gasteiger partial charge on any atom is -0.355 e. The standard InChI is InChI=1S/C13H17BrN2O/c14-11-3-1-10(2-4-11)7-12(17)16-9-13(8-15)5-6-13/h1-4H,5-9,15H2,(H,16,17). The van der Waals surface area contributed by atoms with Crippen molar-refractivity contribution in [3.63, 3.8) is 0 Å². The number of carbonyl (C=O) groups is 1. The van der Waals surface area contributed by atoms with Gasteiger partial charge in [0.05, 0.1) is 6.42 Å². The molecule has 0 saturated heterocycles. The second-order valence-electron chi connectivity index (χ2n) is 4.78. The zero-order chi connectivity index (χ0) is 12.3. The van der Waals surface area contributed by atoms with Crippen molar-refractivity contribution in [1.29, 1.82) is 0 Å². The molecule has 0 aromatic heterocycles. The van der Waals surface area contributed by atoms with E-state index < -0.39 is 0 Å². The molecule has 0 bridgehead atoms. The van der Waals surface area contributed by atoms with Crippen LogP contribution in [0.4, 0.5) is 0 Å². The van der Waals surface area contributed by atoms with Crippen LogP contribution in [0.5, 0.6) is 0 Å². The van der Waals surface area contributed by atoms with E-state index >= 15 is 0 Å². The first-order valence-electron chi connectivity index (χ1n) is 5.85. The van der Waals surface area contributed by atoms with E-state index in [1.54, 1.807) is 0 Å². The third-order valence-corrected chi connectivity index (χ3v) is 3.86. The normalized spacial score (nSPS) is 16.6. The van der Waals surface area contributed by atoms with E-state index in [-0.39, 0.29) is 11.3 Å². The number of hydrogen-bond acceptors (Lipinski definition) is 2. The van der Waals surface area contributed by atoms with Crippen molar-refractivity contribution in [2.45, 2.75) is 19.3 Å². The molecule has 3 N–H and O–H groups in total. The Labute approximate surface area is 110 Å². The molecule has 0 atom stereocenters. The third kappa shape index (κ3) is 3.54. The van der Waals surface area contributed by atoms with E-state index in [1.165, 1.54) is 0 Å². The van der Waals surface area contributed by atoms with Gasteiger partial charge in [0.2, 0.25) is 5.91 Å². The predicted octanol–water partition coefficient (Wildman–Crippen LogP) is 1.85. The second kappa shape index (κ2) is 5.19. The first-order chi connectivity index (χ1) is 8.13. The molecule has 1 aromatic carbocycles. The molecule has 1 aliphatic rings. The highest BCUT2D eigenvalue weighted by molar-refractivity contribution is 9.10. The summed E-state index contributed by atoms with van der Waals surface area (Å²) in [5.74, 6) is 0.0760. The lowest BCUT2D eigenvalue weighted by molar-refractivity contribution is -0.120. The van der Waals surface area contributed by atoms with E-state index in [9.17, 15) is 4.79 Å². The number of halogens is 1. The first-order valence-corrected chi connectivity index (χ1v) is 6.64. The van der Waals surface area contributed by atoms with Crippen molar-refractivity contribution in [1.82, 2.24) is 5.32 Å². The minimum atomic E-state index is 0.0760. The molecule has 0 unspecified atom stereocenters. The maximum Gasteiger partial charge on any atom is 0.224 e. The van der Waals surface area contributed by atoms with Crippen LogP contribution in [0, 0.1) is 5.41 Å². The predicted molar refractivity (Wildman–Crippen MR) is 71.6 cm³/mol. The van der Waals surface area contributed by atoms with Gasteiger partial charge in [-0.15, -0.1) is 0 Å². The number of carbonyl (C=O) groups excluding carboxylic acids is 1. The van der Waals surface area contributed by atoms with Gasteiger partial charge in [0.1, 0.15) is 0 Å². The summed E-state index contributed by atoms with van der Waals surface area (Å²) in [5, 5.41) is 2.97. The molecule has 0 heterocycles.